The van der Waals surface area contributed by atoms with Gasteiger partial charge in [0.05, 0.1) is 13.3 Å². The van der Waals surface area contributed by atoms with Crippen molar-refractivity contribution < 1.29 is 9.53 Å². The monoisotopic (exact) mass is 423 g/mol. The van der Waals surface area contributed by atoms with Gasteiger partial charge in [-0.3, -0.25) is 14.5 Å². The van der Waals surface area contributed by atoms with Gasteiger partial charge in [0.1, 0.15) is 6.54 Å². The van der Waals surface area contributed by atoms with Crippen LogP contribution in [0.15, 0.2) is 41.3 Å². The lowest BCUT2D eigenvalue weighted by Crippen LogP contribution is -2.38. The SMILES string of the molecule is COc1cn(CC(=O)NC2CCCCCC2)c(CN2CCc3ccccc3C2)cc1=O. The highest BCUT2D eigenvalue weighted by Gasteiger charge is 2.20. The molecular formula is C25H33N3O3. The van der Waals surface area contributed by atoms with Crippen LogP contribution in [-0.4, -0.2) is 35.1 Å². The molecule has 31 heavy (non-hydrogen) atoms. The molecule has 1 aromatic carbocycles. The van der Waals surface area contributed by atoms with Crippen molar-refractivity contribution in [1.29, 1.82) is 0 Å². The van der Waals surface area contributed by atoms with Gasteiger partial charge in [-0.15, -0.1) is 0 Å². The second kappa shape index (κ2) is 10.1. The lowest BCUT2D eigenvalue weighted by atomic mass is 10.00. The van der Waals surface area contributed by atoms with Gasteiger partial charge in [0, 0.05) is 37.4 Å². The summed E-state index contributed by atoms with van der Waals surface area (Å²) in [5.41, 5.74) is 3.44. The van der Waals surface area contributed by atoms with Crippen molar-refractivity contribution in [3.05, 3.63) is 63.6 Å². The molecule has 1 aliphatic carbocycles. The molecule has 166 valence electrons. The number of carbonyl (C=O) groups is 1. The van der Waals surface area contributed by atoms with Crippen molar-refractivity contribution in [3.63, 3.8) is 0 Å². The number of amides is 1. The highest BCUT2D eigenvalue weighted by molar-refractivity contribution is 5.76. The Morgan fingerprint density at radius 3 is 2.61 bits per heavy atom. The van der Waals surface area contributed by atoms with Crippen molar-refractivity contribution in [2.45, 2.75) is 70.6 Å². The van der Waals surface area contributed by atoms with Gasteiger partial charge in [0.2, 0.25) is 11.3 Å². The Hall–Kier alpha value is -2.60. The van der Waals surface area contributed by atoms with Gasteiger partial charge in [0.25, 0.3) is 0 Å². The van der Waals surface area contributed by atoms with E-state index in [0.29, 0.717) is 6.54 Å². The van der Waals surface area contributed by atoms with E-state index >= 15 is 0 Å². The number of benzene rings is 1. The second-order valence-corrected chi connectivity index (χ2v) is 8.81. The number of hydrogen-bond donors (Lipinski definition) is 1. The van der Waals surface area contributed by atoms with Crippen LogP contribution in [0.25, 0.3) is 0 Å². The first-order valence-electron chi connectivity index (χ1n) is 11.5. The number of carbonyl (C=O) groups excluding carboxylic acids is 1. The normalized spacial score (nSPS) is 17.6. The molecule has 1 amide bonds. The maximum Gasteiger partial charge on any atom is 0.240 e. The Bertz CT molecular complexity index is 961. The molecule has 0 spiro atoms. The second-order valence-electron chi connectivity index (χ2n) is 8.81. The fourth-order valence-corrected chi connectivity index (χ4v) is 4.80. The predicted octanol–water partition coefficient (Wildman–Crippen LogP) is 3.25. The number of rotatable bonds is 6. The number of methoxy groups -OCH3 is 1. The Balaban J connectivity index is 1.49. The van der Waals surface area contributed by atoms with E-state index in [2.05, 4.69) is 34.5 Å². The van der Waals surface area contributed by atoms with Crippen LogP contribution in [0.4, 0.5) is 0 Å². The van der Waals surface area contributed by atoms with E-state index in [1.807, 2.05) is 4.57 Å². The molecule has 4 rings (SSSR count). The van der Waals surface area contributed by atoms with Crippen LogP contribution in [0.5, 0.6) is 5.75 Å². The summed E-state index contributed by atoms with van der Waals surface area (Å²) in [5.74, 6) is 0.276. The summed E-state index contributed by atoms with van der Waals surface area (Å²) >= 11 is 0. The standard InChI is InChI=1S/C25H33N3O3/c1-31-24-17-28(18-25(30)26-21-10-4-2-3-5-11-21)22(14-23(24)29)16-27-13-12-19-8-6-7-9-20(19)15-27/h6-9,14,17,21H,2-5,10-13,15-16,18H2,1H3,(H,26,30). The topological polar surface area (TPSA) is 63.6 Å². The molecule has 6 heteroatoms. The Morgan fingerprint density at radius 2 is 1.87 bits per heavy atom. The summed E-state index contributed by atoms with van der Waals surface area (Å²) in [5, 5.41) is 3.21. The highest BCUT2D eigenvalue weighted by Crippen LogP contribution is 2.21. The van der Waals surface area contributed by atoms with Gasteiger partial charge >= 0.3 is 0 Å². The number of fused-ring (bicyclic) bond motifs is 1. The molecule has 1 fully saturated rings. The van der Waals surface area contributed by atoms with Crippen molar-refractivity contribution in [3.8, 4) is 5.75 Å². The summed E-state index contributed by atoms with van der Waals surface area (Å²) in [6.45, 7) is 2.62. The molecule has 2 aromatic rings. The van der Waals surface area contributed by atoms with E-state index in [4.69, 9.17) is 4.74 Å². The zero-order valence-corrected chi connectivity index (χ0v) is 18.4. The van der Waals surface area contributed by atoms with E-state index in [1.165, 1.54) is 43.9 Å². The number of pyridine rings is 1. The van der Waals surface area contributed by atoms with E-state index in [1.54, 1.807) is 12.3 Å². The molecule has 2 heterocycles. The lowest BCUT2D eigenvalue weighted by molar-refractivity contribution is -0.122. The molecular weight excluding hydrogens is 390 g/mol. The van der Waals surface area contributed by atoms with Gasteiger partial charge in [-0.2, -0.15) is 0 Å². The Morgan fingerprint density at radius 1 is 1.13 bits per heavy atom. The predicted molar refractivity (Wildman–Crippen MR) is 121 cm³/mol. The van der Waals surface area contributed by atoms with Crippen LogP contribution in [0.2, 0.25) is 0 Å². The Labute approximate surface area is 184 Å². The molecule has 0 radical (unpaired) electrons. The van der Waals surface area contributed by atoms with Crippen molar-refractivity contribution in [1.82, 2.24) is 14.8 Å². The van der Waals surface area contributed by atoms with Crippen LogP contribution >= 0.6 is 0 Å². The quantitative estimate of drug-likeness (QED) is 0.725. The van der Waals surface area contributed by atoms with E-state index < -0.39 is 0 Å². The molecule has 1 saturated carbocycles. The van der Waals surface area contributed by atoms with Gasteiger partial charge < -0.3 is 14.6 Å². The summed E-state index contributed by atoms with van der Waals surface area (Å²) in [6.07, 6.45) is 9.66. The third kappa shape index (κ3) is 5.56. The lowest BCUT2D eigenvalue weighted by Gasteiger charge is -2.29. The van der Waals surface area contributed by atoms with Gasteiger partial charge in [-0.05, 0) is 30.4 Å². The molecule has 1 N–H and O–H groups in total. The summed E-state index contributed by atoms with van der Waals surface area (Å²) in [4.78, 5) is 27.6. The summed E-state index contributed by atoms with van der Waals surface area (Å²) in [6, 6.07) is 10.4. The highest BCUT2D eigenvalue weighted by atomic mass is 16.5. The number of ether oxygens (including phenoxy) is 1. The van der Waals surface area contributed by atoms with E-state index in [0.717, 1.165) is 38.0 Å². The minimum atomic E-state index is -0.143. The Kier molecular flexibility index (Phi) is 7.07. The number of hydrogen-bond acceptors (Lipinski definition) is 4. The van der Waals surface area contributed by atoms with Crippen LogP contribution in [-0.2, 0) is 30.8 Å². The first kappa shape index (κ1) is 21.6. The molecule has 1 aromatic heterocycles. The minimum absolute atomic E-state index is 0.00263. The molecule has 2 aliphatic rings. The maximum atomic E-state index is 12.8. The third-order valence-corrected chi connectivity index (χ3v) is 6.53. The van der Waals surface area contributed by atoms with Crippen molar-refractivity contribution >= 4 is 5.91 Å². The fourth-order valence-electron chi connectivity index (χ4n) is 4.80. The van der Waals surface area contributed by atoms with Crippen LogP contribution in [0.1, 0.15) is 55.3 Å². The van der Waals surface area contributed by atoms with E-state index in [9.17, 15) is 9.59 Å². The number of nitrogens with one attached hydrogen (secondary N) is 1. The smallest absolute Gasteiger partial charge is 0.240 e. The third-order valence-electron chi connectivity index (χ3n) is 6.53. The van der Waals surface area contributed by atoms with Crippen molar-refractivity contribution in [2.24, 2.45) is 0 Å². The molecule has 0 saturated heterocycles. The maximum absolute atomic E-state index is 12.8. The largest absolute Gasteiger partial charge is 0.491 e. The zero-order chi connectivity index (χ0) is 21.6. The first-order valence-corrected chi connectivity index (χ1v) is 11.5. The number of nitrogens with zero attached hydrogens (tertiary/aromatic N) is 2. The molecule has 1 aliphatic heterocycles. The summed E-state index contributed by atoms with van der Waals surface area (Å²) < 4.78 is 7.13. The van der Waals surface area contributed by atoms with Gasteiger partial charge in [-0.25, -0.2) is 0 Å². The molecule has 0 bridgehead atoms. The first-order chi connectivity index (χ1) is 15.1. The van der Waals surface area contributed by atoms with Crippen LogP contribution in [0, 0.1) is 0 Å². The molecule has 6 nitrogen and oxygen atoms in total. The molecule has 0 unspecified atom stereocenters. The van der Waals surface area contributed by atoms with Gasteiger partial charge in [-0.1, -0.05) is 49.9 Å². The molecule has 0 atom stereocenters. The summed E-state index contributed by atoms with van der Waals surface area (Å²) in [7, 11) is 1.49. The minimum Gasteiger partial charge on any atom is -0.491 e. The average molecular weight is 424 g/mol. The van der Waals surface area contributed by atoms with Crippen molar-refractivity contribution in [2.75, 3.05) is 13.7 Å². The number of aromatic nitrogens is 1. The fraction of sp³-hybridized carbons (Fsp3) is 0.520. The van der Waals surface area contributed by atoms with E-state index in [-0.39, 0.29) is 29.7 Å². The van der Waals surface area contributed by atoms with Crippen LogP contribution in [0.3, 0.4) is 0 Å². The van der Waals surface area contributed by atoms with Crippen LogP contribution < -0.4 is 15.5 Å². The zero-order valence-electron chi connectivity index (χ0n) is 18.4. The van der Waals surface area contributed by atoms with Gasteiger partial charge in [0.15, 0.2) is 5.75 Å². The average Bonchev–Trinajstić information content (AvgIpc) is 3.04.